The molecule has 0 amide bonds. The maximum atomic E-state index is 11.1. The van der Waals surface area contributed by atoms with Crippen molar-refractivity contribution < 1.29 is 8.42 Å². The highest BCUT2D eigenvalue weighted by Gasteiger charge is 2.04. The molecule has 0 spiro atoms. The van der Waals surface area contributed by atoms with Gasteiger partial charge in [0.05, 0.1) is 10.0 Å². The number of rotatable bonds is 5. The summed E-state index contributed by atoms with van der Waals surface area (Å²) >= 11 is 8.57. The van der Waals surface area contributed by atoms with Crippen molar-refractivity contribution in [2.24, 2.45) is 0 Å². The minimum absolute atomic E-state index is 0.555. The average molecular weight is 440 g/mol. The van der Waals surface area contributed by atoms with Crippen LogP contribution in [0.5, 0.6) is 0 Å². The summed E-state index contributed by atoms with van der Waals surface area (Å²) in [4.78, 5) is 1.20. The molecule has 8 heteroatoms. The lowest BCUT2D eigenvalue weighted by Crippen LogP contribution is -2.09. The van der Waals surface area contributed by atoms with Gasteiger partial charge in [0.25, 0.3) is 0 Å². The lowest BCUT2D eigenvalue weighted by molar-refractivity contribution is 0.607. The van der Waals surface area contributed by atoms with Crippen LogP contribution in [0.3, 0.4) is 0 Å². The fourth-order valence-corrected chi connectivity index (χ4v) is 4.22. The van der Waals surface area contributed by atoms with E-state index >= 15 is 0 Å². The maximum Gasteiger partial charge on any atom is 0.229 e. The highest BCUT2D eigenvalue weighted by atomic mass is 79.9. The summed E-state index contributed by atoms with van der Waals surface area (Å²) in [6.07, 6.45) is 1.13. The molecule has 0 unspecified atom stereocenters. The summed E-state index contributed by atoms with van der Waals surface area (Å²) in [6, 6.07) is 9.19. The molecular formula is C12H12Br2N2O2S2. The molecule has 2 rings (SSSR count). The zero-order chi connectivity index (χ0) is 14.8. The van der Waals surface area contributed by atoms with Crippen molar-refractivity contribution in [3.05, 3.63) is 43.5 Å². The Kier molecular flexibility index (Phi) is 5.11. The van der Waals surface area contributed by atoms with Crippen molar-refractivity contribution in [3.63, 3.8) is 0 Å². The van der Waals surface area contributed by atoms with Crippen LogP contribution in [0.4, 0.5) is 11.4 Å². The molecule has 1 aromatic carbocycles. The molecule has 0 saturated carbocycles. The Labute approximate surface area is 138 Å². The van der Waals surface area contributed by atoms with Crippen molar-refractivity contribution in [2.45, 2.75) is 6.54 Å². The summed E-state index contributed by atoms with van der Waals surface area (Å²) in [5.41, 5.74) is 1.49. The molecule has 1 aromatic heterocycles. The third-order valence-electron chi connectivity index (χ3n) is 2.35. The topological polar surface area (TPSA) is 58.2 Å². The van der Waals surface area contributed by atoms with Gasteiger partial charge in [-0.25, -0.2) is 8.42 Å². The third kappa shape index (κ3) is 4.76. The number of thiophene rings is 1. The average Bonchev–Trinajstić information content (AvgIpc) is 2.66. The SMILES string of the molecule is CS(=O)(=O)Nc1ccc(NCc2cc(Br)c(Br)s2)cc1. The fraction of sp³-hybridized carbons (Fsp3) is 0.167. The Bertz CT molecular complexity index is 677. The number of hydrogen-bond acceptors (Lipinski definition) is 4. The Hall–Kier alpha value is -0.570. The van der Waals surface area contributed by atoms with Gasteiger partial charge in [-0.3, -0.25) is 4.72 Å². The van der Waals surface area contributed by atoms with Gasteiger partial charge in [0.2, 0.25) is 10.0 Å². The lowest BCUT2D eigenvalue weighted by atomic mass is 10.3. The van der Waals surface area contributed by atoms with E-state index in [0.717, 1.165) is 20.2 Å². The zero-order valence-electron chi connectivity index (χ0n) is 10.5. The van der Waals surface area contributed by atoms with Gasteiger partial charge < -0.3 is 5.32 Å². The summed E-state index contributed by atoms with van der Waals surface area (Å²) < 4.78 is 26.7. The van der Waals surface area contributed by atoms with Crippen LogP contribution in [0, 0.1) is 0 Å². The van der Waals surface area contributed by atoms with Crippen molar-refractivity contribution >= 4 is 64.6 Å². The zero-order valence-corrected chi connectivity index (χ0v) is 15.3. The first-order valence-electron chi connectivity index (χ1n) is 5.59. The Morgan fingerprint density at radius 1 is 1.15 bits per heavy atom. The Morgan fingerprint density at radius 3 is 2.25 bits per heavy atom. The molecule has 2 aromatic rings. The van der Waals surface area contributed by atoms with Crippen molar-refractivity contribution in [1.29, 1.82) is 0 Å². The number of hydrogen-bond donors (Lipinski definition) is 2. The molecule has 0 radical (unpaired) electrons. The number of halogens is 2. The van der Waals surface area contributed by atoms with E-state index in [0.29, 0.717) is 12.2 Å². The summed E-state index contributed by atoms with van der Waals surface area (Å²) in [5.74, 6) is 0. The van der Waals surface area contributed by atoms with Crippen LogP contribution >= 0.6 is 43.2 Å². The van der Waals surface area contributed by atoms with Gasteiger partial charge in [0, 0.05) is 27.3 Å². The second-order valence-corrected chi connectivity index (χ2v) is 9.20. The van der Waals surface area contributed by atoms with Crippen molar-refractivity contribution in [3.8, 4) is 0 Å². The highest BCUT2D eigenvalue weighted by Crippen LogP contribution is 2.32. The molecule has 1 heterocycles. The molecule has 2 N–H and O–H groups in total. The molecule has 0 fully saturated rings. The normalized spacial score (nSPS) is 11.3. The number of sulfonamides is 1. The van der Waals surface area contributed by atoms with E-state index in [4.69, 9.17) is 0 Å². The van der Waals surface area contributed by atoms with Gasteiger partial charge in [-0.15, -0.1) is 11.3 Å². The first-order valence-corrected chi connectivity index (χ1v) is 9.88. The predicted octanol–water partition coefficient (Wildman–Crippen LogP) is 4.26. The fourth-order valence-electron chi connectivity index (χ4n) is 1.54. The minimum Gasteiger partial charge on any atom is -0.380 e. The van der Waals surface area contributed by atoms with E-state index in [9.17, 15) is 8.42 Å². The number of nitrogens with one attached hydrogen (secondary N) is 2. The van der Waals surface area contributed by atoms with Crippen molar-refractivity contribution in [2.75, 3.05) is 16.3 Å². The van der Waals surface area contributed by atoms with Crippen LogP contribution in [0.25, 0.3) is 0 Å². The molecule has 0 aliphatic heterocycles. The van der Waals surface area contributed by atoms with Crippen LogP contribution in [-0.2, 0) is 16.6 Å². The van der Waals surface area contributed by atoms with E-state index in [1.807, 2.05) is 12.1 Å². The molecule has 20 heavy (non-hydrogen) atoms. The van der Waals surface area contributed by atoms with E-state index in [1.165, 1.54) is 4.88 Å². The Balaban J connectivity index is 1.97. The summed E-state index contributed by atoms with van der Waals surface area (Å²) in [6.45, 7) is 0.716. The molecule has 108 valence electrons. The molecule has 4 nitrogen and oxygen atoms in total. The molecular weight excluding hydrogens is 428 g/mol. The van der Waals surface area contributed by atoms with Crippen LogP contribution in [-0.4, -0.2) is 14.7 Å². The first kappa shape index (κ1) is 15.8. The van der Waals surface area contributed by atoms with Gasteiger partial charge in [-0.05, 0) is 62.2 Å². The third-order valence-corrected chi connectivity index (χ3v) is 6.21. The van der Waals surface area contributed by atoms with Crippen LogP contribution < -0.4 is 10.0 Å². The molecule has 0 saturated heterocycles. The lowest BCUT2D eigenvalue weighted by Gasteiger charge is -2.07. The van der Waals surface area contributed by atoms with Gasteiger partial charge in [0.1, 0.15) is 0 Å². The molecule has 0 aliphatic carbocycles. The van der Waals surface area contributed by atoms with E-state index in [-0.39, 0.29) is 0 Å². The van der Waals surface area contributed by atoms with Crippen LogP contribution in [0.2, 0.25) is 0 Å². The second-order valence-electron chi connectivity index (χ2n) is 4.14. The van der Waals surface area contributed by atoms with E-state index in [1.54, 1.807) is 23.5 Å². The van der Waals surface area contributed by atoms with Gasteiger partial charge in [0.15, 0.2) is 0 Å². The quantitative estimate of drug-likeness (QED) is 0.731. The predicted molar refractivity (Wildman–Crippen MR) is 92.0 cm³/mol. The van der Waals surface area contributed by atoms with E-state index in [2.05, 4.69) is 48.0 Å². The highest BCUT2D eigenvalue weighted by molar-refractivity contribution is 9.13. The molecule has 0 atom stereocenters. The van der Waals surface area contributed by atoms with Gasteiger partial charge >= 0.3 is 0 Å². The largest absolute Gasteiger partial charge is 0.380 e. The van der Waals surface area contributed by atoms with Gasteiger partial charge in [-0.1, -0.05) is 0 Å². The van der Waals surface area contributed by atoms with Crippen molar-refractivity contribution in [1.82, 2.24) is 0 Å². The smallest absolute Gasteiger partial charge is 0.229 e. The second kappa shape index (κ2) is 6.46. The summed E-state index contributed by atoms with van der Waals surface area (Å²) in [5, 5.41) is 3.28. The standard InChI is InChI=1S/C12H12Br2N2O2S2/c1-20(17,18)16-9-4-2-8(3-5-9)15-7-10-6-11(13)12(14)19-10/h2-6,15-16H,7H2,1H3. The summed E-state index contributed by atoms with van der Waals surface area (Å²) in [7, 11) is -3.23. The van der Waals surface area contributed by atoms with Gasteiger partial charge in [-0.2, -0.15) is 0 Å². The van der Waals surface area contributed by atoms with E-state index < -0.39 is 10.0 Å². The monoisotopic (exact) mass is 438 g/mol. The molecule has 0 bridgehead atoms. The number of anilines is 2. The van der Waals surface area contributed by atoms with Crippen LogP contribution in [0.15, 0.2) is 38.6 Å². The van der Waals surface area contributed by atoms with Crippen LogP contribution in [0.1, 0.15) is 4.88 Å². The first-order chi connectivity index (χ1) is 9.33. The molecule has 0 aliphatic rings. The number of benzene rings is 1. The minimum atomic E-state index is -3.23. The maximum absolute atomic E-state index is 11.1. The Morgan fingerprint density at radius 2 is 1.75 bits per heavy atom.